The number of carbonyl (C=O) groups is 2. The number of anilines is 1. The smallest absolute Gasteiger partial charge is 0.261 e. The molecule has 2 N–H and O–H groups in total. The van der Waals surface area contributed by atoms with Crippen molar-refractivity contribution in [2.75, 3.05) is 45.7 Å². The van der Waals surface area contributed by atoms with E-state index in [1.165, 1.54) is 7.11 Å². The second-order valence-corrected chi connectivity index (χ2v) is 7.16. The van der Waals surface area contributed by atoms with Crippen molar-refractivity contribution in [2.45, 2.75) is 0 Å². The van der Waals surface area contributed by atoms with Gasteiger partial charge in [0, 0.05) is 26.2 Å². The highest BCUT2D eigenvalue weighted by Crippen LogP contribution is 2.19. The molecule has 1 heterocycles. The maximum absolute atomic E-state index is 13.0. The van der Waals surface area contributed by atoms with Gasteiger partial charge in [-0.1, -0.05) is 24.3 Å². The molecule has 0 saturated carbocycles. The van der Waals surface area contributed by atoms with E-state index in [1.54, 1.807) is 36.4 Å². The minimum absolute atomic E-state index is 0.0555. The third kappa shape index (κ3) is 5.10. The van der Waals surface area contributed by atoms with Crippen LogP contribution in [0.3, 0.4) is 0 Å². The zero-order valence-corrected chi connectivity index (χ0v) is 17.3. The molecule has 0 unspecified atom stereocenters. The van der Waals surface area contributed by atoms with Crippen LogP contribution in [-0.4, -0.2) is 67.1 Å². The van der Waals surface area contributed by atoms with E-state index in [0.717, 1.165) is 13.1 Å². The van der Waals surface area contributed by atoms with Gasteiger partial charge in [0.15, 0.2) is 5.11 Å². The van der Waals surface area contributed by atoms with Crippen LogP contribution < -0.4 is 15.4 Å². The van der Waals surface area contributed by atoms with Gasteiger partial charge in [0.1, 0.15) is 5.75 Å². The minimum Gasteiger partial charge on any atom is -0.496 e. The van der Waals surface area contributed by atoms with Crippen LogP contribution in [0.2, 0.25) is 0 Å². The number of benzene rings is 2. The Hall–Kier alpha value is -2.97. The van der Waals surface area contributed by atoms with Gasteiger partial charge in [0.2, 0.25) is 0 Å². The van der Waals surface area contributed by atoms with Crippen LogP contribution in [0, 0.1) is 0 Å². The molecule has 2 amide bonds. The Bertz CT molecular complexity index is 910. The van der Waals surface area contributed by atoms with Gasteiger partial charge >= 0.3 is 0 Å². The normalized spacial score (nSPS) is 14.2. The number of methoxy groups -OCH3 is 1. The molecule has 8 heteroatoms. The topological polar surface area (TPSA) is 73.9 Å². The van der Waals surface area contributed by atoms with Crippen LogP contribution in [-0.2, 0) is 0 Å². The lowest BCUT2D eigenvalue weighted by molar-refractivity contribution is 0.0665. The molecule has 0 spiro atoms. The van der Waals surface area contributed by atoms with Crippen molar-refractivity contribution < 1.29 is 14.3 Å². The molecule has 1 saturated heterocycles. The van der Waals surface area contributed by atoms with Crippen LogP contribution in [0.1, 0.15) is 20.7 Å². The summed E-state index contributed by atoms with van der Waals surface area (Å²) in [5.74, 6) is 0.0151. The van der Waals surface area contributed by atoms with Gasteiger partial charge in [-0.3, -0.25) is 14.9 Å². The van der Waals surface area contributed by atoms with Gasteiger partial charge < -0.3 is 19.9 Å². The molecule has 7 nitrogen and oxygen atoms in total. The standard InChI is InChI=1S/C21H24N4O3S/c1-24-11-13-25(14-12-24)20(27)15-7-3-5-9-17(15)22-21(29)23-19(26)16-8-4-6-10-18(16)28-2/h3-10H,11-14H2,1-2H3,(H2,22,23,26,29). The first-order valence-corrected chi connectivity index (χ1v) is 9.72. The van der Waals surface area contributed by atoms with E-state index < -0.39 is 0 Å². The summed E-state index contributed by atoms with van der Waals surface area (Å²) in [5.41, 5.74) is 1.45. The highest BCUT2D eigenvalue weighted by molar-refractivity contribution is 7.80. The van der Waals surface area contributed by atoms with E-state index in [-0.39, 0.29) is 16.9 Å². The zero-order valence-electron chi connectivity index (χ0n) is 16.5. The van der Waals surface area contributed by atoms with Gasteiger partial charge in [-0.15, -0.1) is 0 Å². The summed E-state index contributed by atoms with van der Waals surface area (Å²) in [4.78, 5) is 29.5. The number of carbonyl (C=O) groups excluding carboxylic acids is 2. The highest BCUT2D eigenvalue weighted by atomic mass is 32.1. The van der Waals surface area contributed by atoms with E-state index in [9.17, 15) is 9.59 Å². The number of rotatable bonds is 4. The van der Waals surface area contributed by atoms with Crippen molar-refractivity contribution >= 4 is 34.8 Å². The van der Waals surface area contributed by atoms with Crippen LogP contribution in [0.5, 0.6) is 5.75 Å². The fraction of sp³-hybridized carbons (Fsp3) is 0.286. The van der Waals surface area contributed by atoms with Crippen molar-refractivity contribution in [3.8, 4) is 5.75 Å². The average molecular weight is 413 g/mol. The van der Waals surface area contributed by atoms with E-state index in [1.807, 2.05) is 24.1 Å². The summed E-state index contributed by atoms with van der Waals surface area (Å²) >= 11 is 5.29. The largest absolute Gasteiger partial charge is 0.496 e. The second-order valence-electron chi connectivity index (χ2n) is 6.75. The van der Waals surface area contributed by atoms with Gasteiger partial charge in [-0.25, -0.2) is 0 Å². The Morgan fingerprint density at radius 2 is 1.59 bits per heavy atom. The number of amides is 2. The first kappa shape index (κ1) is 20.8. The molecule has 3 rings (SSSR count). The monoisotopic (exact) mass is 412 g/mol. The van der Waals surface area contributed by atoms with Gasteiger partial charge in [-0.2, -0.15) is 0 Å². The van der Waals surface area contributed by atoms with E-state index in [0.29, 0.717) is 35.7 Å². The summed E-state index contributed by atoms with van der Waals surface area (Å²) in [6.07, 6.45) is 0. The first-order chi connectivity index (χ1) is 14.0. The molecule has 0 aliphatic carbocycles. The highest BCUT2D eigenvalue weighted by Gasteiger charge is 2.23. The molecule has 152 valence electrons. The molecule has 1 fully saturated rings. The van der Waals surface area contributed by atoms with Crippen LogP contribution in [0.4, 0.5) is 5.69 Å². The molecule has 29 heavy (non-hydrogen) atoms. The molecule has 0 bridgehead atoms. The van der Waals surface area contributed by atoms with E-state index >= 15 is 0 Å². The number of nitrogens with zero attached hydrogens (tertiary/aromatic N) is 2. The maximum atomic E-state index is 13.0. The number of ether oxygens (including phenoxy) is 1. The fourth-order valence-corrected chi connectivity index (χ4v) is 3.32. The van der Waals surface area contributed by atoms with Gasteiger partial charge in [0.05, 0.1) is 23.9 Å². The molecule has 2 aromatic carbocycles. The Morgan fingerprint density at radius 1 is 0.966 bits per heavy atom. The lowest BCUT2D eigenvalue weighted by Gasteiger charge is -2.32. The Balaban J connectivity index is 1.69. The predicted molar refractivity (Wildman–Crippen MR) is 117 cm³/mol. The predicted octanol–water partition coefficient (Wildman–Crippen LogP) is 2.21. The SMILES string of the molecule is COc1ccccc1C(=O)NC(=S)Nc1ccccc1C(=O)N1CCN(C)CC1. The molecule has 1 aliphatic rings. The van der Waals surface area contributed by atoms with Crippen LogP contribution in [0.25, 0.3) is 0 Å². The van der Waals surface area contributed by atoms with Crippen molar-refractivity contribution in [3.63, 3.8) is 0 Å². The third-order valence-corrected chi connectivity index (χ3v) is 4.98. The third-order valence-electron chi connectivity index (χ3n) is 4.77. The molecule has 2 aromatic rings. The van der Waals surface area contributed by atoms with Crippen LogP contribution in [0.15, 0.2) is 48.5 Å². The van der Waals surface area contributed by atoms with Crippen molar-refractivity contribution in [1.82, 2.24) is 15.1 Å². The first-order valence-electron chi connectivity index (χ1n) is 9.32. The number of hydrogen-bond acceptors (Lipinski definition) is 5. The Kier molecular flexibility index (Phi) is 6.79. The lowest BCUT2D eigenvalue weighted by atomic mass is 10.1. The van der Waals surface area contributed by atoms with Gasteiger partial charge in [0.25, 0.3) is 11.8 Å². The average Bonchev–Trinajstić information content (AvgIpc) is 2.74. The summed E-state index contributed by atoms with van der Waals surface area (Å²) in [7, 11) is 3.54. The molecule has 1 aliphatic heterocycles. The summed E-state index contributed by atoms with van der Waals surface area (Å²) in [6.45, 7) is 3.04. The number of para-hydroxylation sites is 2. The number of hydrogen-bond donors (Lipinski definition) is 2. The van der Waals surface area contributed by atoms with Gasteiger partial charge in [-0.05, 0) is 43.5 Å². The zero-order chi connectivity index (χ0) is 20.8. The van der Waals surface area contributed by atoms with Crippen LogP contribution >= 0.6 is 12.2 Å². The van der Waals surface area contributed by atoms with Crippen molar-refractivity contribution in [3.05, 3.63) is 59.7 Å². The number of piperazine rings is 1. The van der Waals surface area contributed by atoms with E-state index in [2.05, 4.69) is 15.5 Å². The summed E-state index contributed by atoms with van der Waals surface area (Å²) in [5, 5.41) is 5.73. The number of likely N-dealkylation sites (N-methyl/N-ethyl adjacent to an activating group) is 1. The maximum Gasteiger partial charge on any atom is 0.261 e. The molecule has 0 radical (unpaired) electrons. The quantitative estimate of drug-likeness (QED) is 0.750. The minimum atomic E-state index is -0.386. The second kappa shape index (κ2) is 9.49. The molecule has 0 atom stereocenters. The van der Waals surface area contributed by atoms with E-state index in [4.69, 9.17) is 17.0 Å². The number of nitrogens with one attached hydrogen (secondary N) is 2. The van der Waals surface area contributed by atoms with Crippen molar-refractivity contribution in [2.24, 2.45) is 0 Å². The molecular formula is C21H24N4O3S. The summed E-state index contributed by atoms with van der Waals surface area (Å²) in [6, 6.07) is 14.0. The fourth-order valence-electron chi connectivity index (χ4n) is 3.11. The Morgan fingerprint density at radius 3 is 2.28 bits per heavy atom. The lowest BCUT2D eigenvalue weighted by Crippen LogP contribution is -2.47. The molecule has 0 aromatic heterocycles. The molecular weight excluding hydrogens is 388 g/mol. The van der Waals surface area contributed by atoms with Crippen molar-refractivity contribution in [1.29, 1.82) is 0 Å². The Labute approximate surface area is 175 Å². The summed E-state index contributed by atoms with van der Waals surface area (Å²) < 4.78 is 5.21. The number of thiocarbonyl (C=S) groups is 1.